The molecule has 1 amide bonds. The minimum absolute atomic E-state index is 0.167. The molecule has 172 valence electrons. The van der Waals surface area contributed by atoms with E-state index in [0.29, 0.717) is 18.7 Å². The van der Waals surface area contributed by atoms with Crippen molar-refractivity contribution in [2.24, 2.45) is 5.73 Å². The molecule has 1 aromatic rings. The monoisotopic (exact) mass is 434 g/mol. The fourth-order valence-corrected chi connectivity index (χ4v) is 3.88. The number of nitrogens with one attached hydrogen (secondary N) is 1. The fraction of sp³-hybridized carbons (Fsp3) is 0.636. The maximum absolute atomic E-state index is 12.3. The first-order chi connectivity index (χ1) is 15.0. The Kier molecular flexibility index (Phi) is 8.51. The van der Waals surface area contributed by atoms with Gasteiger partial charge in [-0.25, -0.2) is 4.79 Å². The minimum atomic E-state index is -0.701. The molecule has 2 fully saturated rings. The van der Waals surface area contributed by atoms with Gasteiger partial charge >= 0.3 is 12.1 Å². The number of ether oxygens (including phenoxy) is 3. The maximum atomic E-state index is 12.3. The van der Waals surface area contributed by atoms with Crippen LogP contribution in [-0.2, 0) is 20.7 Å². The summed E-state index contributed by atoms with van der Waals surface area (Å²) in [7, 11) is 1.32. The number of carbonyl (C=O) groups is 2. The second-order valence-corrected chi connectivity index (χ2v) is 8.08. The highest BCUT2D eigenvalue weighted by Gasteiger charge is 2.40. The zero-order valence-corrected chi connectivity index (χ0v) is 18.4. The number of nitrogens with two attached hydrogens (primary N) is 1. The molecule has 0 aromatic heterocycles. The van der Waals surface area contributed by atoms with Gasteiger partial charge in [0.25, 0.3) is 6.29 Å². The second kappa shape index (κ2) is 11.3. The van der Waals surface area contributed by atoms with Crippen LogP contribution in [-0.4, -0.2) is 86.6 Å². The Morgan fingerprint density at radius 1 is 1.23 bits per heavy atom. The van der Waals surface area contributed by atoms with Crippen LogP contribution in [0.5, 0.6) is 5.75 Å². The van der Waals surface area contributed by atoms with E-state index in [9.17, 15) is 9.59 Å². The smallest absolute Gasteiger partial charge is 0.413 e. The van der Waals surface area contributed by atoms with Gasteiger partial charge in [-0.05, 0) is 50.4 Å². The topological polar surface area (TPSA) is 106 Å². The van der Waals surface area contributed by atoms with Crippen LogP contribution in [0.15, 0.2) is 24.3 Å². The van der Waals surface area contributed by atoms with Crippen LogP contribution in [0.4, 0.5) is 4.79 Å². The summed E-state index contributed by atoms with van der Waals surface area (Å²) < 4.78 is 16.0. The highest BCUT2D eigenvalue weighted by atomic mass is 16.7. The zero-order valence-electron chi connectivity index (χ0n) is 18.4. The molecule has 9 nitrogen and oxygen atoms in total. The molecule has 1 aromatic carbocycles. The van der Waals surface area contributed by atoms with E-state index in [2.05, 4.69) is 15.0 Å². The Balaban J connectivity index is 1.43. The first-order valence-corrected chi connectivity index (χ1v) is 11.0. The number of benzene rings is 1. The van der Waals surface area contributed by atoms with Crippen LogP contribution in [0, 0.1) is 0 Å². The number of rotatable bonds is 10. The van der Waals surface area contributed by atoms with Gasteiger partial charge in [-0.1, -0.05) is 12.1 Å². The van der Waals surface area contributed by atoms with Gasteiger partial charge in [0, 0.05) is 32.7 Å². The van der Waals surface area contributed by atoms with Crippen molar-refractivity contribution < 1.29 is 23.8 Å². The van der Waals surface area contributed by atoms with Crippen LogP contribution < -0.4 is 15.8 Å². The summed E-state index contributed by atoms with van der Waals surface area (Å²) in [5.41, 5.74) is 6.69. The van der Waals surface area contributed by atoms with E-state index >= 15 is 0 Å². The van der Waals surface area contributed by atoms with E-state index in [4.69, 9.17) is 15.2 Å². The quantitative estimate of drug-likeness (QED) is 0.414. The van der Waals surface area contributed by atoms with Crippen LogP contribution in [0.25, 0.3) is 0 Å². The number of carbonyl (C=O) groups excluding carboxylic acids is 2. The number of methoxy groups -OCH3 is 1. The summed E-state index contributed by atoms with van der Waals surface area (Å²) in [5.74, 6) is 0.153. The lowest BCUT2D eigenvalue weighted by atomic mass is 10.1. The third-order valence-corrected chi connectivity index (χ3v) is 5.81. The number of esters is 1. The molecule has 0 spiro atoms. The van der Waals surface area contributed by atoms with Gasteiger partial charge < -0.3 is 30.2 Å². The minimum Gasteiger partial charge on any atom is -0.468 e. The normalized spacial score (nSPS) is 22.8. The molecule has 31 heavy (non-hydrogen) atoms. The maximum Gasteiger partial charge on any atom is 0.413 e. The van der Waals surface area contributed by atoms with E-state index in [1.54, 1.807) is 17.0 Å². The Labute approximate surface area is 183 Å². The lowest BCUT2D eigenvalue weighted by Crippen LogP contribution is -2.44. The molecule has 0 aliphatic carbocycles. The number of cyclic esters (lactones) is 1. The van der Waals surface area contributed by atoms with Crippen molar-refractivity contribution in [3.8, 4) is 5.75 Å². The Morgan fingerprint density at radius 2 is 1.90 bits per heavy atom. The van der Waals surface area contributed by atoms with Gasteiger partial charge in [0.05, 0.1) is 7.11 Å². The molecule has 2 saturated heterocycles. The Morgan fingerprint density at radius 3 is 2.58 bits per heavy atom. The predicted molar refractivity (Wildman–Crippen MR) is 116 cm³/mol. The van der Waals surface area contributed by atoms with Crippen molar-refractivity contribution in [2.75, 3.05) is 46.4 Å². The van der Waals surface area contributed by atoms with Gasteiger partial charge in [-0.3, -0.25) is 9.69 Å². The van der Waals surface area contributed by atoms with E-state index < -0.39 is 18.3 Å². The molecule has 3 rings (SSSR count). The predicted octanol–water partition coefficient (Wildman–Crippen LogP) is 0.960. The van der Waals surface area contributed by atoms with Crippen molar-refractivity contribution >= 4 is 12.1 Å². The number of nitrogens with zero attached hydrogens (tertiary/aromatic N) is 2. The van der Waals surface area contributed by atoms with Gasteiger partial charge in [0.2, 0.25) is 0 Å². The molecule has 3 unspecified atom stereocenters. The molecule has 3 N–H and O–H groups in total. The largest absolute Gasteiger partial charge is 0.468 e. The third-order valence-electron chi connectivity index (χ3n) is 5.81. The average molecular weight is 435 g/mol. The molecule has 9 heteroatoms. The van der Waals surface area contributed by atoms with Crippen LogP contribution in [0.3, 0.4) is 0 Å². The number of unbranched alkanes of at least 4 members (excludes halogenated alkanes) is 1. The highest BCUT2D eigenvalue weighted by molar-refractivity contribution is 5.75. The lowest BCUT2D eigenvalue weighted by molar-refractivity contribution is -0.142. The molecule has 3 atom stereocenters. The van der Waals surface area contributed by atoms with E-state index in [1.165, 1.54) is 7.11 Å². The molecular weight excluding hydrogens is 400 g/mol. The summed E-state index contributed by atoms with van der Waals surface area (Å²) in [6.45, 7) is 7.94. The lowest BCUT2D eigenvalue weighted by Gasteiger charge is -2.27. The van der Waals surface area contributed by atoms with Crippen molar-refractivity contribution in [3.05, 3.63) is 29.8 Å². The molecule has 2 aliphatic heterocycles. The number of hydrogen-bond acceptors (Lipinski definition) is 8. The van der Waals surface area contributed by atoms with Crippen LogP contribution in [0.1, 0.15) is 25.3 Å². The van der Waals surface area contributed by atoms with Crippen molar-refractivity contribution in [1.82, 2.24) is 15.1 Å². The number of piperazine rings is 1. The first kappa shape index (κ1) is 23.3. The summed E-state index contributed by atoms with van der Waals surface area (Å²) in [6.07, 6.45) is 1.38. The molecule has 2 heterocycles. The van der Waals surface area contributed by atoms with Gasteiger partial charge in [-0.15, -0.1) is 0 Å². The zero-order chi connectivity index (χ0) is 22.2. The Hall–Kier alpha value is -2.36. The molecule has 0 bridgehead atoms. The van der Waals surface area contributed by atoms with E-state index in [0.717, 1.165) is 51.1 Å². The highest BCUT2D eigenvalue weighted by Crippen LogP contribution is 2.24. The standard InChI is InChI=1S/C22H34N4O5/c1-16-21(30-18-7-5-17(6-8-18)15-19(23)20(27)29-2)31-22(28)26(16)12-4-3-11-25-13-9-24-10-14-25/h5-8,16,19,21,24H,3-4,9-15,23H2,1-2H3. The summed E-state index contributed by atoms with van der Waals surface area (Å²) in [5, 5.41) is 3.36. The van der Waals surface area contributed by atoms with Gasteiger partial charge in [0.1, 0.15) is 17.8 Å². The molecule has 0 radical (unpaired) electrons. The van der Waals surface area contributed by atoms with Crippen molar-refractivity contribution in [2.45, 2.75) is 44.6 Å². The summed E-state index contributed by atoms with van der Waals surface area (Å²) >= 11 is 0. The van der Waals surface area contributed by atoms with Crippen molar-refractivity contribution in [3.63, 3.8) is 0 Å². The third kappa shape index (κ3) is 6.56. The second-order valence-electron chi connectivity index (χ2n) is 8.08. The van der Waals surface area contributed by atoms with Gasteiger partial charge in [0.15, 0.2) is 0 Å². The fourth-order valence-electron chi connectivity index (χ4n) is 3.88. The molecule has 2 aliphatic rings. The van der Waals surface area contributed by atoms with Crippen LogP contribution in [0.2, 0.25) is 0 Å². The average Bonchev–Trinajstić information content (AvgIpc) is 3.05. The summed E-state index contributed by atoms with van der Waals surface area (Å²) in [4.78, 5) is 27.9. The van der Waals surface area contributed by atoms with E-state index in [-0.39, 0.29) is 12.1 Å². The summed E-state index contributed by atoms with van der Waals surface area (Å²) in [6, 6.07) is 6.39. The first-order valence-electron chi connectivity index (χ1n) is 11.0. The SMILES string of the molecule is COC(=O)C(N)Cc1ccc(OC2OC(=O)N(CCCCN3CCNCC3)C2C)cc1. The van der Waals surface area contributed by atoms with Gasteiger partial charge in [-0.2, -0.15) is 0 Å². The van der Waals surface area contributed by atoms with E-state index in [1.807, 2.05) is 19.1 Å². The number of hydrogen-bond donors (Lipinski definition) is 2. The Bertz CT molecular complexity index is 723. The van der Waals surface area contributed by atoms with Crippen LogP contribution >= 0.6 is 0 Å². The molecule has 0 saturated carbocycles. The molecular formula is C22H34N4O5. The number of amides is 1. The van der Waals surface area contributed by atoms with Crippen molar-refractivity contribution in [1.29, 1.82) is 0 Å².